The average molecular weight is 384 g/mol. The molecule has 1 aromatic carbocycles. The van der Waals surface area contributed by atoms with E-state index in [1.54, 1.807) is 0 Å². The number of hydrogen-bond donors (Lipinski definition) is 2. The quantitative estimate of drug-likeness (QED) is 0.740. The second-order valence-corrected chi connectivity index (χ2v) is 8.00. The van der Waals surface area contributed by atoms with E-state index >= 15 is 0 Å². The molecule has 1 unspecified atom stereocenters. The van der Waals surface area contributed by atoms with Gasteiger partial charge in [0.2, 0.25) is 5.88 Å². The van der Waals surface area contributed by atoms with Crippen LogP contribution in [0.25, 0.3) is 11.3 Å². The highest BCUT2D eigenvalue weighted by atomic mass is 16.5. The molecule has 1 aliphatic heterocycles. The summed E-state index contributed by atoms with van der Waals surface area (Å²) in [5, 5.41) is 16.3. The van der Waals surface area contributed by atoms with E-state index in [9.17, 15) is 4.79 Å². The van der Waals surface area contributed by atoms with Gasteiger partial charge in [-0.1, -0.05) is 24.3 Å². The van der Waals surface area contributed by atoms with E-state index in [4.69, 9.17) is 14.6 Å². The number of aliphatic carboxylic acids is 1. The fraction of sp³-hybridized carbons (Fsp3) is 0.545. The lowest BCUT2D eigenvalue weighted by atomic mass is 9.77. The monoisotopic (exact) mass is 384 g/mol. The van der Waals surface area contributed by atoms with Crippen molar-refractivity contribution in [1.29, 1.82) is 0 Å². The molecule has 150 valence electrons. The molecule has 2 fully saturated rings. The number of nitrogens with zero attached hydrogens (tertiary/aromatic N) is 1. The van der Waals surface area contributed by atoms with Gasteiger partial charge < -0.3 is 14.6 Å². The number of aromatic amines is 1. The number of H-pyrrole nitrogens is 1. The second-order valence-electron chi connectivity index (χ2n) is 8.00. The number of nitrogens with one attached hydrogen (secondary N) is 1. The highest BCUT2D eigenvalue weighted by Crippen LogP contribution is 2.37. The summed E-state index contributed by atoms with van der Waals surface area (Å²) in [4.78, 5) is 10.9. The molecule has 1 saturated carbocycles. The Balaban J connectivity index is 1.31. The van der Waals surface area contributed by atoms with Crippen LogP contribution in [0.5, 0.6) is 5.88 Å². The van der Waals surface area contributed by atoms with E-state index in [0.29, 0.717) is 30.7 Å². The zero-order valence-corrected chi connectivity index (χ0v) is 16.1. The summed E-state index contributed by atoms with van der Waals surface area (Å²) in [5.41, 5.74) is 3.37. The van der Waals surface area contributed by atoms with Crippen LogP contribution < -0.4 is 4.74 Å². The number of carbonyl (C=O) groups is 1. The average Bonchev–Trinajstić information content (AvgIpc) is 3.39. The van der Waals surface area contributed by atoms with Crippen LogP contribution in [0.1, 0.15) is 56.4 Å². The van der Waals surface area contributed by atoms with Crippen LogP contribution in [-0.2, 0) is 9.53 Å². The van der Waals surface area contributed by atoms with Crippen molar-refractivity contribution in [1.82, 2.24) is 10.2 Å². The van der Waals surface area contributed by atoms with Crippen molar-refractivity contribution in [3.63, 3.8) is 0 Å². The molecule has 1 aliphatic carbocycles. The van der Waals surface area contributed by atoms with Gasteiger partial charge in [0, 0.05) is 19.1 Å². The molecule has 2 aromatic rings. The Morgan fingerprint density at radius 1 is 1.18 bits per heavy atom. The fourth-order valence-electron chi connectivity index (χ4n) is 4.36. The smallest absolute Gasteiger partial charge is 0.303 e. The van der Waals surface area contributed by atoms with E-state index in [-0.39, 0.29) is 6.10 Å². The topological polar surface area (TPSA) is 84.4 Å². The van der Waals surface area contributed by atoms with Crippen molar-refractivity contribution in [3.8, 4) is 17.1 Å². The molecule has 2 N–H and O–H groups in total. The number of hydrogen-bond acceptors (Lipinski definition) is 4. The fourth-order valence-corrected chi connectivity index (χ4v) is 4.36. The molecule has 0 bridgehead atoms. The van der Waals surface area contributed by atoms with Crippen molar-refractivity contribution in [3.05, 3.63) is 35.9 Å². The maximum absolute atomic E-state index is 10.9. The van der Waals surface area contributed by atoms with Gasteiger partial charge in [0.25, 0.3) is 0 Å². The Kier molecular flexibility index (Phi) is 5.95. The Hall–Kier alpha value is -2.34. The maximum Gasteiger partial charge on any atom is 0.303 e. The molecular weight excluding hydrogens is 356 g/mol. The van der Waals surface area contributed by atoms with Crippen LogP contribution >= 0.6 is 0 Å². The number of carboxylic acids is 1. The van der Waals surface area contributed by atoms with Gasteiger partial charge in [-0.3, -0.25) is 9.89 Å². The van der Waals surface area contributed by atoms with Crippen molar-refractivity contribution < 1.29 is 19.4 Å². The molecule has 6 heteroatoms. The third-order valence-corrected chi connectivity index (χ3v) is 6.00. The predicted molar refractivity (Wildman–Crippen MR) is 105 cm³/mol. The van der Waals surface area contributed by atoms with Crippen molar-refractivity contribution in [2.75, 3.05) is 13.2 Å². The lowest BCUT2D eigenvalue weighted by Crippen LogP contribution is -2.16. The second kappa shape index (κ2) is 8.78. The zero-order chi connectivity index (χ0) is 19.3. The van der Waals surface area contributed by atoms with Crippen molar-refractivity contribution in [2.45, 2.75) is 57.0 Å². The first-order chi connectivity index (χ1) is 13.7. The minimum atomic E-state index is -0.675. The molecule has 28 heavy (non-hydrogen) atoms. The first-order valence-electron chi connectivity index (χ1n) is 10.3. The number of rotatable bonds is 7. The number of ether oxygens (including phenoxy) is 2. The third-order valence-electron chi connectivity index (χ3n) is 6.00. The van der Waals surface area contributed by atoms with Gasteiger partial charge >= 0.3 is 5.97 Å². The molecule has 0 amide bonds. The van der Waals surface area contributed by atoms with Gasteiger partial charge in [0.1, 0.15) is 6.61 Å². The molecule has 4 rings (SSSR count). The molecule has 2 aliphatic rings. The van der Waals surface area contributed by atoms with Crippen LogP contribution in [0, 0.1) is 5.92 Å². The maximum atomic E-state index is 10.9. The predicted octanol–water partition coefficient (Wildman–Crippen LogP) is 4.38. The first-order valence-corrected chi connectivity index (χ1v) is 10.3. The largest absolute Gasteiger partial charge is 0.481 e. The van der Waals surface area contributed by atoms with Crippen molar-refractivity contribution >= 4 is 5.97 Å². The van der Waals surface area contributed by atoms with E-state index < -0.39 is 5.97 Å². The van der Waals surface area contributed by atoms with E-state index in [2.05, 4.69) is 34.5 Å². The van der Waals surface area contributed by atoms with Gasteiger partial charge in [-0.2, -0.15) is 0 Å². The number of carboxylic acid groups (broad SMARTS) is 1. The third kappa shape index (κ3) is 4.73. The summed E-state index contributed by atoms with van der Waals surface area (Å²) in [5.74, 6) is 0.801. The number of aromatic nitrogens is 2. The first kappa shape index (κ1) is 19.0. The molecule has 0 radical (unpaired) electrons. The summed E-state index contributed by atoms with van der Waals surface area (Å²) in [6.07, 6.45) is 6.80. The van der Waals surface area contributed by atoms with Crippen LogP contribution in [0.3, 0.4) is 0 Å². The SMILES string of the molecule is O=C(O)C[C@H]1CC[C@H](c2ccc(-c3cc(OCC4CCCO4)n[nH]3)cc2)CC1. The lowest BCUT2D eigenvalue weighted by molar-refractivity contribution is -0.138. The molecular formula is C22H28N2O4. The van der Waals surface area contributed by atoms with Crippen molar-refractivity contribution in [2.24, 2.45) is 5.92 Å². The minimum Gasteiger partial charge on any atom is -0.481 e. The van der Waals surface area contributed by atoms with Crippen LogP contribution in [0.15, 0.2) is 30.3 Å². The lowest BCUT2D eigenvalue weighted by Gasteiger charge is -2.28. The van der Waals surface area contributed by atoms with Gasteiger partial charge in [0.05, 0.1) is 11.8 Å². The summed E-state index contributed by atoms with van der Waals surface area (Å²) in [6.45, 7) is 1.38. The van der Waals surface area contributed by atoms with Crippen LogP contribution in [0.4, 0.5) is 0 Å². The normalized spacial score (nSPS) is 24.9. The Bertz CT molecular complexity index is 772. The minimum absolute atomic E-state index is 0.185. The van der Waals surface area contributed by atoms with Gasteiger partial charge in [0.15, 0.2) is 0 Å². The highest BCUT2D eigenvalue weighted by molar-refractivity contribution is 5.67. The molecule has 6 nitrogen and oxygen atoms in total. The Morgan fingerprint density at radius 2 is 1.96 bits per heavy atom. The zero-order valence-electron chi connectivity index (χ0n) is 16.1. The molecule has 1 saturated heterocycles. The summed E-state index contributed by atoms with van der Waals surface area (Å²) >= 11 is 0. The molecule has 1 atom stereocenters. The molecule has 1 aromatic heterocycles. The summed E-state index contributed by atoms with van der Waals surface area (Å²) in [6, 6.07) is 10.5. The highest BCUT2D eigenvalue weighted by Gasteiger charge is 2.24. The summed E-state index contributed by atoms with van der Waals surface area (Å²) < 4.78 is 11.3. The van der Waals surface area contributed by atoms with E-state index in [1.165, 1.54) is 5.56 Å². The van der Waals surface area contributed by atoms with E-state index in [1.807, 2.05) is 6.07 Å². The molecule has 2 heterocycles. The van der Waals surface area contributed by atoms with Gasteiger partial charge in [-0.25, -0.2) is 0 Å². The molecule has 0 spiro atoms. The van der Waals surface area contributed by atoms with Crippen LogP contribution in [0.2, 0.25) is 0 Å². The van der Waals surface area contributed by atoms with Gasteiger partial charge in [-0.05, 0) is 61.5 Å². The standard InChI is InChI=1S/C22H28N2O4/c25-22(26)12-15-3-5-16(6-4-15)17-7-9-18(10-8-17)20-13-21(24-23-20)28-14-19-2-1-11-27-19/h7-10,13,15-16,19H,1-6,11-12,14H2,(H,23,24)(H,25,26)/t15-,16-,19?. The summed E-state index contributed by atoms with van der Waals surface area (Å²) in [7, 11) is 0. The van der Waals surface area contributed by atoms with Crippen LogP contribution in [-0.4, -0.2) is 40.6 Å². The number of benzene rings is 1. The van der Waals surface area contributed by atoms with E-state index in [0.717, 1.165) is 56.4 Å². The Labute approximate surface area is 165 Å². The van der Waals surface area contributed by atoms with Gasteiger partial charge in [-0.15, -0.1) is 5.10 Å². The Morgan fingerprint density at radius 3 is 2.64 bits per heavy atom.